The van der Waals surface area contributed by atoms with Crippen molar-refractivity contribution in [3.8, 4) is 0 Å². The van der Waals surface area contributed by atoms with Crippen molar-refractivity contribution >= 4 is 27.6 Å². The first-order chi connectivity index (χ1) is 14.0. The van der Waals surface area contributed by atoms with Gasteiger partial charge in [-0.05, 0) is 67.2 Å². The molecule has 4 N–H and O–H groups in total. The topological polar surface area (TPSA) is 129 Å². The lowest BCUT2D eigenvalue weighted by atomic mass is 9.99. The van der Waals surface area contributed by atoms with Crippen LogP contribution < -0.4 is 15.4 Å². The molecule has 1 aromatic carbocycles. The Kier molecular flexibility index (Phi) is 4.54. The SMILES string of the molecule is O=C1CCC(CNS(=O)(=O)c2nnc(Nc3c4c(cc5c3CCC5)CCC4)[nH]2)N1. The van der Waals surface area contributed by atoms with Crippen molar-refractivity contribution in [2.45, 2.75) is 62.6 Å². The molecule has 1 fully saturated rings. The Morgan fingerprint density at radius 2 is 1.76 bits per heavy atom. The summed E-state index contributed by atoms with van der Waals surface area (Å²) in [6, 6.07) is 2.16. The Morgan fingerprint density at radius 3 is 2.41 bits per heavy atom. The normalized spacial score (nSPS) is 20.6. The number of nitrogens with zero attached hydrogens (tertiary/aromatic N) is 2. The molecule has 1 unspecified atom stereocenters. The lowest BCUT2D eigenvalue weighted by Gasteiger charge is -2.15. The molecule has 0 spiro atoms. The van der Waals surface area contributed by atoms with E-state index in [0.717, 1.165) is 44.2 Å². The average Bonchev–Trinajstić information content (AvgIpc) is 3.47. The average molecular weight is 417 g/mol. The largest absolute Gasteiger partial charge is 0.352 e. The van der Waals surface area contributed by atoms with Crippen molar-refractivity contribution in [3.63, 3.8) is 0 Å². The van der Waals surface area contributed by atoms with Gasteiger partial charge < -0.3 is 10.6 Å². The van der Waals surface area contributed by atoms with Crippen LogP contribution in [0.15, 0.2) is 11.2 Å². The first kappa shape index (κ1) is 18.6. The van der Waals surface area contributed by atoms with E-state index in [-0.39, 0.29) is 23.7 Å². The molecule has 1 atom stereocenters. The Balaban J connectivity index is 1.34. The Morgan fingerprint density at radius 1 is 1.03 bits per heavy atom. The maximum Gasteiger partial charge on any atom is 0.276 e. The van der Waals surface area contributed by atoms with Gasteiger partial charge >= 0.3 is 0 Å². The second-order valence-corrected chi connectivity index (χ2v) is 9.68. The predicted molar refractivity (Wildman–Crippen MR) is 107 cm³/mol. The number of amides is 1. The van der Waals surface area contributed by atoms with Crippen LogP contribution in [0.2, 0.25) is 0 Å². The minimum Gasteiger partial charge on any atom is -0.352 e. The van der Waals surface area contributed by atoms with Crippen molar-refractivity contribution in [3.05, 3.63) is 28.3 Å². The quantitative estimate of drug-likeness (QED) is 0.558. The number of H-pyrrole nitrogens is 1. The molecule has 1 aliphatic heterocycles. The van der Waals surface area contributed by atoms with Gasteiger partial charge in [-0.25, -0.2) is 13.1 Å². The van der Waals surface area contributed by atoms with Crippen LogP contribution in [0.4, 0.5) is 11.6 Å². The maximum absolute atomic E-state index is 12.5. The van der Waals surface area contributed by atoms with Crippen molar-refractivity contribution in [2.75, 3.05) is 11.9 Å². The van der Waals surface area contributed by atoms with Crippen LogP contribution >= 0.6 is 0 Å². The van der Waals surface area contributed by atoms with Crippen LogP contribution in [0.5, 0.6) is 0 Å². The van der Waals surface area contributed by atoms with Crippen molar-refractivity contribution < 1.29 is 13.2 Å². The van der Waals surface area contributed by atoms with Gasteiger partial charge in [0.1, 0.15) is 0 Å². The molecule has 1 amide bonds. The van der Waals surface area contributed by atoms with E-state index in [9.17, 15) is 13.2 Å². The number of anilines is 2. The smallest absolute Gasteiger partial charge is 0.276 e. The monoisotopic (exact) mass is 416 g/mol. The highest BCUT2D eigenvalue weighted by Gasteiger charge is 2.27. The first-order valence-electron chi connectivity index (χ1n) is 10.1. The van der Waals surface area contributed by atoms with E-state index in [4.69, 9.17) is 0 Å². The lowest BCUT2D eigenvalue weighted by molar-refractivity contribution is -0.119. The Labute approximate surface area is 169 Å². The minimum atomic E-state index is -3.83. The lowest BCUT2D eigenvalue weighted by Crippen LogP contribution is -2.38. The van der Waals surface area contributed by atoms with Gasteiger partial charge in [0.2, 0.25) is 11.9 Å². The Bertz CT molecular complexity index is 1050. The van der Waals surface area contributed by atoms with Crippen LogP contribution in [0.3, 0.4) is 0 Å². The molecule has 29 heavy (non-hydrogen) atoms. The summed E-state index contributed by atoms with van der Waals surface area (Å²) in [5.74, 6) is 0.275. The number of aryl methyl sites for hydroxylation is 2. The third-order valence-corrected chi connectivity index (χ3v) is 7.28. The van der Waals surface area contributed by atoms with Gasteiger partial charge in [-0.3, -0.25) is 9.78 Å². The number of benzene rings is 1. The molecule has 2 aliphatic carbocycles. The number of carbonyl (C=O) groups is 1. The molecule has 1 aromatic heterocycles. The summed E-state index contributed by atoms with van der Waals surface area (Å²) in [5, 5.41) is 13.7. The standard InChI is InChI=1S/C19H24N6O3S/c26-16-8-7-13(21-16)10-20-29(27,28)19-23-18(24-25-19)22-17-14-5-1-3-11(14)9-12-4-2-6-15(12)17/h9,13,20H,1-8,10H2,(H,21,26)(H2,22,23,24,25). The fourth-order valence-corrected chi connectivity index (χ4v) is 5.56. The molecule has 0 radical (unpaired) electrons. The van der Waals surface area contributed by atoms with Gasteiger partial charge in [-0.15, -0.1) is 10.2 Å². The van der Waals surface area contributed by atoms with Crippen LogP contribution in [-0.4, -0.2) is 42.1 Å². The van der Waals surface area contributed by atoms with E-state index in [1.165, 1.54) is 22.3 Å². The maximum atomic E-state index is 12.5. The second kappa shape index (κ2) is 7.10. The van der Waals surface area contributed by atoms with E-state index in [0.29, 0.717) is 18.8 Å². The highest BCUT2D eigenvalue weighted by molar-refractivity contribution is 7.89. The number of carbonyl (C=O) groups excluding carboxylic acids is 1. The number of nitrogens with one attached hydrogen (secondary N) is 4. The minimum absolute atomic E-state index is 0.0525. The summed E-state index contributed by atoms with van der Waals surface area (Å²) in [6.07, 6.45) is 7.57. The summed E-state index contributed by atoms with van der Waals surface area (Å²) in [6.45, 7) is 0.136. The van der Waals surface area contributed by atoms with Gasteiger partial charge in [0.25, 0.3) is 15.2 Å². The van der Waals surface area contributed by atoms with Crippen LogP contribution in [0, 0.1) is 0 Å². The van der Waals surface area contributed by atoms with E-state index < -0.39 is 10.0 Å². The van der Waals surface area contributed by atoms with Gasteiger partial charge in [0.05, 0.1) is 0 Å². The van der Waals surface area contributed by atoms with Crippen molar-refractivity contribution in [2.24, 2.45) is 0 Å². The molecule has 0 bridgehead atoms. The summed E-state index contributed by atoms with van der Waals surface area (Å²) in [5.41, 5.74) is 6.50. The summed E-state index contributed by atoms with van der Waals surface area (Å²) >= 11 is 0. The summed E-state index contributed by atoms with van der Waals surface area (Å²) < 4.78 is 27.5. The first-order valence-corrected chi connectivity index (χ1v) is 11.6. The number of aromatic nitrogens is 3. The number of sulfonamides is 1. The number of fused-ring (bicyclic) bond motifs is 2. The molecule has 2 heterocycles. The van der Waals surface area contributed by atoms with Gasteiger partial charge in [-0.1, -0.05) is 6.07 Å². The number of aromatic amines is 1. The van der Waals surface area contributed by atoms with E-state index in [2.05, 4.69) is 36.6 Å². The van der Waals surface area contributed by atoms with Crippen LogP contribution in [0.1, 0.15) is 47.9 Å². The number of hydrogen-bond acceptors (Lipinski definition) is 6. The molecular weight excluding hydrogens is 392 g/mol. The summed E-state index contributed by atoms with van der Waals surface area (Å²) in [7, 11) is -3.83. The zero-order valence-electron chi connectivity index (χ0n) is 16.0. The molecule has 5 rings (SSSR count). The predicted octanol–water partition coefficient (Wildman–Crippen LogP) is 1.08. The molecule has 2 aromatic rings. The van der Waals surface area contributed by atoms with Crippen molar-refractivity contribution in [1.82, 2.24) is 25.2 Å². The van der Waals surface area contributed by atoms with E-state index in [1.807, 2.05) is 0 Å². The van der Waals surface area contributed by atoms with Gasteiger partial charge in [0.15, 0.2) is 0 Å². The molecule has 3 aliphatic rings. The van der Waals surface area contributed by atoms with Crippen LogP contribution in [0.25, 0.3) is 0 Å². The molecule has 154 valence electrons. The zero-order valence-corrected chi connectivity index (χ0v) is 16.9. The summed E-state index contributed by atoms with van der Waals surface area (Å²) in [4.78, 5) is 14.1. The van der Waals surface area contributed by atoms with E-state index in [1.54, 1.807) is 0 Å². The van der Waals surface area contributed by atoms with E-state index >= 15 is 0 Å². The van der Waals surface area contributed by atoms with Crippen molar-refractivity contribution in [1.29, 1.82) is 0 Å². The molecule has 0 saturated carbocycles. The molecular formula is C19H24N6O3S. The number of hydrogen-bond donors (Lipinski definition) is 4. The fraction of sp³-hybridized carbons (Fsp3) is 0.526. The fourth-order valence-electron chi connectivity index (χ4n) is 4.62. The molecule has 10 heteroatoms. The third kappa shape index (κ3) is 3.51. The highest BCUT2D eigenvalue weighted by atomic mass is 32.2. The molecule has 1 saturated heterocycles. The third-order valence-electron chi connectivity index (χ3n) is 6.04. The second-order valence-electron chi connectivity index (χ2n) is 7.99. The number of rotatable bonds is 6. The van der Waals surface area contributed by atoms with Crippen LogP contribution in [-0.2, 0) is 40.5 Å². The zero-order chi connectivity index (χ0) is 20.0. The highest BCUT2D eigenvalue weighted by Crippen LogP contribution is 2.39. The van der Waals surface area contributed by atoms with Gasteiger partial charge in [0, 0.05) is 24.7 Å². The Hall–Kier alpha value is -2.46. The molecule has 9 nitrogen and oxygen atoms in total. The van der Waals surface area contributed by atoms with Gasteiger partial charge in [-0.2, -0.15) is 0 Å².